The van der Waals surface area contributed by atoms with Crippen molar-refractivity contribution in [1.82, 2.24) is 0 Å². The fourth-order valence-corrected chi connectivity index (χ4v) is 3.27. The van der Waals surface area contributed by atoms with E-state index in [1.807, 2.05) is 6.07 Å². The molecule has 3 nitrogen and oxygen atoms in total. The molecule has 0 aliphatic heterocycles. The van der Waals surface area contributed by atoms with Gasteiger partial charge in [0.25, 0.3) is 0 Å². The van der Waals surface area contributed by atoms with E-state index < -0.39 is 0 Å². The number of rotatable bonds is 18. The molecular formula is C26H40O3. The summed E-state index contributed by atoms with van der Waals surface area (Å²) in [6.07, 6.45) is 21.1. The maximum Gasteiger partial charge on any atom is 0.306 e. The number of hydrogen-bond donors (Lipinski definition) is 0. The maximum atomic E-state index is 11.9. The van der Waals surface area contributed by atoms with Crippen molar-refractivity contribution in [3.8, 4) is 0 Å². The van der Waals surface area contributed by atoms with E-state index in [1.54, 1.807) is 24.3 Å². The van der Waals surface area contributed by atoms with Crippen molar-refractivity contribution in [3.63, 3.8) is 0 Å². The first-order valence-corrected chi connectivity index (χ1v) is 11.6. The molecule has 0 heterocycles. The van der Waals surface area contributed by atoms with Crippen LogP contribution < -0.4 is 0 Å². The topological polar surface area (TPSA) is 43.4 Å². The van der Waals surface area contributed by atoms with Crippen LogP contribution in [0.5, 0.6) is 0 Å². The van der Waals surface area contributed by atoms with Gasteiger partial charge in [-0.15, -0.1) is 0 Å². The lowest BCUT2D eigenvalue weighted by Crippen LogP contribution is -2.13. The molecule has 0 radical (unpaired) electrons. The van der Waals surface area contributed by atoms with Crippen molar-refractivity contribution in [2.45, 2.75) is 96.8 Å². The van der Waals surface area contributed by atoms with Crippen LogP contribution in [-0.2, 0) is 9.53 Å². The molecule has 0 aliphatic carbocycles. The molecule has 0 unspecified atom stereocenters. The van der Waals surface area contributed by atoms with Gasteiger partial charge in [0.2, 0.25) is 0 Å². The first kappa shape index (κ1) is 25.1. The summed E-state index contributed by atoms with van der Waals surface area (Å²) in [5, 5.41) is 0. The Balaban J connectivity index is 1.87. The van der Waals surface area contributed by atoms with Crippen LogP contribution in [0.3, 0.4) is 0 Å². The quantitative estimate of drug-likeness (QED) is 0.111. The summed E-state index contributed by atoms with van der Waals surface area (Å²) in [4.78, 5) is 23.6. The lowest BCUT2D eigenvalue weighted by Gasteiger charge is -2.04. The monoisotopic (exact) mass is 400 g/mol. The van der Waals surface area contributed by atoms with Gasteiger partial charge in [0.05, 0.1) is 0 Å². The van der Waals surface area contributed by atoms with Gasteiger partial charge in [0, 0.05) is 12.0 Å². The van der Waals surface area contributed by atoms with Gasteiger partial charge < -0.3 is 4.74 Å². The average molecular weight is 401 g/mol. The molecule has 0 saturated heterocycles. The Kier molecular flexibility index (Phi) is 15.7. The van der Waals surface area contributed by atoms with Gasteiger partial charge in [-0.1, -0.05) is 101 Å². The fraction of sp³-hybridized carbons (Fsp3) is 0.615. The molecule has 0 atom stereocenters. The smallest absolute Gasteiger partial charge is 0.306 e. The van der Waals surface area contributed by atoms with Gasteiger partial charge >= 0.3 is 5.97 Å². The minimum Gasteiger partial charge on any atom is -0.457 e. The van der Waals surface area contributed by atoms with Crippen molar-refractivity contribution in [2.24, 2.45) is 0 Å². The summed E-state index contributed by atoms with van der Waals surface area (Å²) in [6.45, 7) is 2.10. The Morgan fingerprint density at radius 3 is 1.93 bits per heavy atom. The highest BCUT2D eigenvalue weighted by molar-refractivity contribution is 5.97. The third-order valence-electron chi connectivity index (χ3n) is 5.10. The number of carbonyl (C=O) groups is 2. The molecule has 0 fully saturated rings. The Hall–Kier alpha value is -1.90. The standard InChI is InChI=1S/C26H40O3/c1-2-3-4-5-6-7-8-9-10-11-12-13-14-15-19-22-26(28)29-23-25(27)24-20-17-16-18-21-24/h9-10,16-18,20-21H,2-8,11-15,19,22-23H2,1H3. The molecule has 0 aromatic heterocycles. The summed E-state index contributed by atoms with van der Waals surface area (Å²) >= 11 is 0. The molecule has 0 spiro atoms. The first-order valence-electron chi connectivity index (χ1n) is 11.6. The average Bonchev–Trinajstić information content (AvgIpc) is 2.75. The lowest BCUT2D eigenvalue weighted by molar-refractivity contribution is -0.142. The third-order valence-corrected chi connectivity index (χ3v) is 5.10. The van der Waals surface area contributed by atoms with Gasteiger partial charge in [-0.05, 0) is 32.1 Å². The molecule has 1 aromatic rings. The van der Waals surface area contributed by atoms with Crippen LogP contribution in [0.25, 0.3) is 0 Å². The summed E-state index contributed by atoms with van der Waals surface area (Å²) in [7, 11) is 0. The zero-order chi connectivity index (χ0) is 21.0. The molecular weight excluding hydrogens is 360 g/mol. The number of unbranched alkanes of at least 4 members (excludes halogenated alkanes) is 11. The molecule has 0 bridgehead atoms. The Morgan fingerprint density at radius 2 is 1.31 bits per heavy atom. The number of Topliss-reactive ketones (excluding diaryl/α,β-unsaturated/α-hetero) is 1. The molecule has 29 heavy (non-hydrogen) atoms. The predicted octanol–water partition coefficient (Wildman–Crippen LogP) is 7.45. The van der Waals surface area contributed by atoms with Crippen molar-refractivity contribution < 1.29 is 14.3 Å². The SMILES string of the molecule is CCCCCCCCC=CCCCCCCCC(=O)OCC(=O)c1ccccc1. The molecule has 162 valence electrons. The molecule has 0 N–H and O–H groups in total. The van der Waals surface area contributed by atoms with Crippen LogP contribution in [-0.4, -0.2) is 18.4 Å². The van der Waals surface area contributed by atoms with Gasteiger partial charge in [0.15, 0.2) is 12.4 Å². The maximum absolute atomic E-state index is 11.9. The second kappa shape index (κ2) is 18.1. The Morgan fingerprint density at radius 1 is 0.759 bits per heavy atom. The number of ketones is 1. The van der Waals surface area contributed by atoms with E-state index in [4.69, 9.17) is 4.74 Å². The van der Waals surface area contributed by atoms with Crippen LogP contribution in [0.1, 0.15) is 107 Å². The van der Waals surface area contributed by atoms with Crippen molar-refractivity contribution in [2.75, 3.05) is 6.61 Å². The highest BCUT2D eigenvalue weighted by Gasteiger charge is 2.09. The first-order chi connectivity index (χ1) is 14.2. The Bertz CT molecular complexity index is 563. The predicted molar refractivity (Wildman–Crippen MR) is 121 cm³/mol. The molecule has 1 rings (SSSR count). The summed E-state index contributed by atoms with van der Waals surface area (Å²) < 4.78 is 5.08. The Labute approximate surface area is 177 Å². The number of ether oxygens (including phenoxy) is 1. The van der Waals surface area contributed by atoms with Gasteiger partial charge in [-0.2, -0.15) is 0 Å². The summed E-state index contributed by atoms with van der Waals surface area (Å²) in [5.41, 5.74) is 0.585. The zero-order valence-corrected chi connectivity index (χ0v) is 18.4. The number of benzene rings is 1. The van der Waals surface area contributed by atoms with E-state index in [9.17, 15) is 9.59 Å². The summed E-state index contributed by atoms with van der Waals surface area (Å²) in [6, 6.07) is 8.94. The second-order valence-electron chi connectivity index (χ2n) is 7.78. The van der Waals surface area contributed by atoms with E-state index in [2.05, 4.69) is 19.1 Å². The molecule has 3 heteroatoms. The summed E-state index contributed by atoms with van der Waals surface area (Å²) in [5.74, 6) is -0.421. The van der Waals surface area contributed by atoms with Crippen molar-refractivity contribution in [3.05, 3.63) is 48.0 Å². The van der Waals surface area contributed by atoms with E-state index in [1.165, 1.54) is 64.2 Å². The second-order valence-corrected chi connectivity index (χ2v) is 7.78. The van der Waals surface area contributed by atoms with E-state index in [0.717, 1.165) is 19.3 Å². The van der Waals surface area contributed by atoms with Crippen LogP contribution in [0.4, 0.5) is 0 Å². The van der Waals surface area contributed by atoms with Crippen LogP contribution in [0, 0.1) is 0 Å². The van der Waals surface area contributed by atoms with Crippen LogP contribution in [0.2, 0.25) is 0 Å². The molecule has 0 amide bonds. The molecule has 1 aromatic carbocycles. The van der Waals surface area contributed by atoms with Gasteiger partial charge in [-0.3, -0.25) is 9.59 Å². The minimum atomic E-state index is -0.271. The zero-order valence-electron chi connectivity index (χ0n) is 18.4. The lowest BCUT2D eigenvalue weighted by atomic mass is 10.1. The van der Waals surface area contributed by atoms with Gasteiger partial charge in [-0.25, -0.2) is 0 Å². The highest BCUT2D eigenvalue weighted by atomic mass is 16.5. The van der Waals surface area contributed by atoms with Gasteiger partial charge in [0.1, 0.15) is 0 Å². The number of allylic oxidation sites excluding steroid dienone is 2. The van der Waals surface area contributed by atoms with Crippen molar-refractivity contribution in [1.29, 1.82) is 0 Å². The number of esters is 1. The number of hydrogen-bond acceptors (Lipinski definition) is 3. The minimum absolute atomic E-state index is 0.150. The van der Waals surface area contributed by atoms with Crippen molar-refractivity contribution >= 4 is 11.8 Å². The number of carbonyl (C=O) groups excluding carboxylic acids is 2. The van der Waals surface area contributed by atoms with Crippen LogP contribution >= 0.6 is 0 Å². The third kappa shape index (κ3) is 14.7. The van der Waals surface area contributed by atoms with Crippen LogP contribution in [0.15, 0.2) is 42.5 Å². The van der Waals surface area contributed by atoms with E-state index in [-0.39, 0.29) is 18.4 Å². The molecule has 0 saturated carbocycles. The van der Waals surface area contributed by atoms with E-state index in [0.29, 0.717) is 12.0 Å². The fourth-order valence-electron chi connectivity index (χ4n) is 3.27. The normalized spacial score (nSPS) is 11.1. The van der Waals surface area contributed by atoms with E-state index >= 15 is 0 Å². The molecule has 0 aliphatic rings. The highest BCUT2D eigenvalue weighted by Crippen LogP contribution is 2.10. The largest absolute Gasteiger partial charge is 0.457 e.